The van der Waals surface area contributed by atoms with Crippen LogP contribution in [0.3, 0.4) is 0 Å². The SMILES string of the molecule is CC1CCN(c2[nH+]c(-c3ccccc3)c3c(c2C#N)CC(C)(C)OC3)CC1. The maximum absolute atomic E-state index is 10.1. The highest BCUT2D eigenvalue weighted by molar-refractivity contribution is 5.68. The highest BCUT2D eigenvalue weighted by Crippen LogP contribution is 2.37. The van der Waals surface area contributed by atoms with Crippen LogP contribution in [-0.2, 0) is 17.8 Å². The van der Waals surface area contributed by atoms with Gasteiger partial charge in [0.2, 0.25) is 0 Å². The first kappa shape index (κ1) is 18.0. The van der Waals surface area contributed by atoms with E-state index in [4.69, 9.17) is 4.74 Å². The summed E-state index contributed by atoms with van der Waals surface area (Å²) in [7, 11) is 0. The minimum absolute atomic E-state index is 0.248. The summed E-state index contributed by atoms with van der Waals surface area (Å²) in [6.07, 6.45) is 3.10. The largest absolute Gasteiger partial charge is 0.370 e. The minimum atomic E-state index is -0.248. The lowest BCUT2D eigenvalue weighted by atomic mass is 9.86. The number of nitrogens with zero attached hydrogens (tertiary/aromatic N) is 2. The van der Waals surface area contributed by atoms with Gasteiger partial charge in [0.25, 0.3) is 5.82 Å². The molecule has 4 rings (SSSR count). The summed E-state index contributed by atoms with van der Waals surface area (Å²) < 4.78 is 6.11. The molecule has 1 aromatic carbocycles. The molecule has 2 aliphatic heterocycles. The van der Waals surface area contributed by atoms with Gasteiger partial charge in [0.15, 0.2) is 0 Å². The Morgan fingerprint density at radius 1 is 1.15 bits per heavy atom. The van der Waals surface area contributed by atoms with Crippen LogP contribution in [0.15, 0.2) is 30.3 Å². The average Bonchev–Trinajstić information content (AvgIpc) is 2.67. The lowest BCUT2D eigenvalue weighted by Crippen LogP contribution is -2.40. The second kappa shape index (κ2) is 6.98. The molecule has 0 bridgehead atoms. The van der Waals surface area contributed by atoms with Crippen molar-refractivity contribution in [1.29, 1.82) is 5.26 Å². The summed E-state index contributed by atoms with van der Waals surface area (Å²) >= 11 is 0. The maximum atomic E-state index is 10.1. The topological polar surface area (TPSA) is 50.4 Å². The van der Waals surface area contributed by atoms with Gasteiger partial charge in [-0.2, -0.15) is 5.26 Å². The molecular weight excluding hydrogens is 334 g/mol. The van der Waals surface area contributed by atoms with E-state index in [1.807, 2.05) is 6.07 Å². The highest BCUT2D eigenvalue weighted by atomic mass is 16.5. The van der Waals surface area contributed by atoms with E-state index in [0.717, 1.165) is 59.2 Å². The van der Waals surface area contributed by atoms with Crippen LogP contribution in [0.25, 0.3) is 11.3 Å². The number of nitriles is 1. The minimum Gasteiger partial charge on any atom is -0.370 e. The molecule has 0 unspecified atom stereocenters. The number of aromatic nitrogens is 1. The lowest BCUT2D eigenvalue weighted by molar-refractivity contribution is -0.352. The molecule has 4 nitrogen and oxygen atoms in total. The van der Waals surface area contributed by atoms with E-state index in [0.29, 0.717) is 6.61 Å². The van der Waals surface area contributed by atoms with Crippen LogP contribution in [0, 0.1) is 17.2 Å². The van der Waals surface area contributed by atoms with E-state index in [2.05, 4.69) is 61.0 Å². The van der Waals surface area contributed by atoms with E-state index in [1.165, 1.54) is 12.8 Å². The lowest BCUT2D eigenvalue weighted by Gasteiger charge is -2.34. The molecule has 1 aromatic heterocycles. The fraction of sp³-hybridized carbons (Fsp3) is 0.478. The number of anilines is 1. The van der Waals surface area contributed by atoms with Crippen molar-refractivity contribution >= 4 is 5.82 Å². The van der Waals surface area contributed by atoms with Crippen LogP contribution in [-0.4, -0.2) is 18.7 Å². The second-order valence-electron chi connectivity index (χ2n) is 8.55. The summed E-state index contributed by atoms with van der Waals surface area (Å²) in [6.45, 7) is 9.07. The van der Waals surface area contributed by atoms with E-state index in [9.17, 15) is 5.26 Å². The van der Waals surface area contributed by atoms with Gasteiger partial charge >= 0.3 is 0 Å². The summed E-state index contributed by atoms with van der Waals surface area (Å²) in [4.78, 5) is 6.01. The number of aromatic amines is 1. The van der Waals surface area contributed by atoms with Crippen LogP contribution >= 0.6 is 0 Å². The number of fused-ring (bicyclic) bond motifs is 1. The maximum Gasteiger partial charge on any atom is 0.293 e. The Morgan fingerprint density at radius 3 is 2.52 bits per heavy atom. The zero-order valence-electron chi connectivity index (χ0n) is 16.5. The number of rotatable bonds is 2. The third-order valence-electron chi connectivity index (χ3n) is 5.93. The smallest absolute Gasteiger partial charge is 0.293 e. The van der Waals surface area contributed by atoms with Gasteiger partial charge in [-0.25, -0.2) is 4.98 Å². The van der Waals surface area contributed by atoms with Gasteiger partial charge in [0, 0.05) is 17.5 Å². The Bertz CT molecular complexity index is 875. The molecule has 0 saturated carbocycles. The first-order valence-electron chi connectivity index (χ1n) is 9.94. The van der Waals surface area contributed by atoms with Crippen molar-refractivity contribution in [2.75, 3.05) is 18.0 Å². The molecule has 3 heterocycles. The molecule has 0 atom stereocenters. The predicted molar refractivity (Wildman–Crippen MR) is 106 cm³/mol. The van der Waals surface area contributed by atoms with E-state index in [-0.39, 0.29) is 5.60 Å². The number of benzene rings is 1. The average molecular weight is 362 g/mol. The van der Waals surface area contributed by atoms with E-state index >= 15 is 0 Å². The molecule has 1 N–H and O–H groups in total. The van der Waals surface area contributed by atoms with Crippen molar-refractivity contribution in [1.82, 2.24) is 0 Å². The summed E-state index contributed by atoms with van der Waals surface area (Å²) in [6, 6.07) is 12.9. The van der Waals surface area contributed by atoms with Crippen molar-refractivity contribution in [3.8, 4) is 17.3 Å². The van der Waals surface area contributed by atoms with Crippen molar-refractivity contribution in [3.63, 3.8) is 0 Å². The standard InChI is InChI=1S/C23H27N3O/c1-16-9-11-26(12-10-16)22-19(14-24)18-13-23(2,3)27-15-20(18)21(25-22)17-7-5-4-6-8-17/h4-8,16H,9-13,15H2,1-3H3/p+1. The van der Waals surface area contributed by atoms with Gasteiger partial charge < -0.3 is 4.74 Å². The summed E-state index contributed by atoms with van der Waals surface area (Å²) in [5, 5.41) is 10.1. The molecule has 0 amide bonds. The molecule has 0 aliphatic carbocycles. The normalized spacial score (nSPS) is 19.4. The quantitative estimate of drug-likeness (QED) is 0.807. The Morgan fingerprint density at radius 2 is 1.85 bits per heavy atom. The van der Waals surface area contributed by atoms with Gasteiger partial charge in [-0.15, -0.1) is 0 Å². The predicted octanol–water partition coefficient (Wildman–Crippen LogP) is 4.13. The monoisotopic (exact) mass is 362 g/mol. The summed E-state index contributed by atoms with van der Waals surface area (Å²) in [5.74, 6) is 1.74. The van der Waals surface area contributed by atoms with Crippen molar-refractivity contribution in [2.24, 2.45) is 5.92 Å². The van der Waals surface area contributed by atoms with Crippen LogP contribution in [0.1, 0.15) is 50.3 Å². The number of ether oxygens (including phenoxy) is 1. The number of H-pyrrole nitrogens is 1. The number of piperidine rings is 1. The van der Waals surface area contributed by atoms with Gasteiger partial charge in [0.1, 0.15) is 17.3 Å². The first-order valence-corrected chi connectivity index (χ1v) is 9.94. The van der Waals surface area contributed by atoms with Crippen molar-refractivity contribution in [3.05, 3.63) is 47.0 Å². The van der Waals surface area contributed by atoms with Crippen molar-refractivity contribution < 1.29 is 9.72 Å². The summed E-state index contributed by atoms with van der Waals surface area (Å²) in [5.41, 5.74) is 5.07. The van der Waals surface area contributed by atoms with Gasteiger partial charge in [-0.3, -0.25) is 4.90 Å². The zero-order valence-corrected chi connectivity index (χ0v) is 16.5. The van der Waals surface area contributed by atoms with Crippen LogP contribution in [0.2, 0.25) is 0 Å². The van der Waals surface area contributed by atoms with Gasteiger partial charge in [0.05, 0.1) is 25.3 Å². The van der Waals surface area contributed by atoms with E-state index < -0.39 is 0 Å². The van der Waals surface area contributed by atoms with Gasteiger partial charge in [-0.05, 0) is 38.2 Å². The highest BCUT2D eigenvalue weighted by Gasteiger charge is 2.36. The molecule has 27 heavy (non-hydrogen) atoms. The van der Waals surface area contributed by atoms with Crippen LogP contribution in [0.4, 0.5) is 5.82 Å². The number of hydrogen-bond donors (Lipinski definition) is 0. The molecule has 2 aromatic rings. The fourth-order valence-electron chi connectivity index (χ4n) is 4.24. The number of nitrogens with one attached hydrogen (secondary N) is 1. The molecule has 2 aliphatic rings. The Hall–Kier alpha value is -2.38. The van der Waals surface area contributed by atoms with Gasteiger partial charge in [-0.1, -0.05) is 37.3 Å². The Balaban J connectivity index is 1.90. The molecular formula is C23H28N3O+. The Kier molecular flexibility index (Phi) is 4.65. The number of hydrogen-bond acceptors (Lipinski definition) is 3. The fourth-order valence-corrected chi connectivity index (χ4v) is 4.24. The van der Waals surface area contributed by atoms with Crippen LogP contribution < -0.4 is 9.88 Å². The third-order valence-corrected chi connectivity index (χ3v) is 5.93. The molecule has 1 saturated heterocycles. The second-order valence-corrected chi connectivity index (χ2v) is 8.55. The molecule has 0 spiro atoms. The molecule has 140 valence electrons. The van der Waals surface area contributed by atoms with Crippen LogP contribution in [0.5, 0.6) is 0 Å². The molecule has 1 fully saturated rings. The van der Waals surface area contributed by atoms with E-state index in [1.54, 1.807) is 0 Å². The Labute approximate surface area is 161 Å². The molecule has 0 radical (unpaired) electrons. The van der Waals surface area contributed by atoms with Crippen molar-refractivity contribution in [2.45, 2.75) is 52.2 Å². The zero-order chi connectivity index (χ0) is 19.0. The first-order chi connectivity index (χ1) is 13.0. The molecule has 4 heteroatoms. The number of pyridine rings is 1. The third kappa shape index (κ3) is 3.44.